The van der Waals surface area contributed by atoms with Crippen LogP contribution in [0.25, 0.3) is 22.2 Å². The van der Waals surface area contributed by atoms with E-state index in [2.05, 4.69) is 4.98 Å². The lowest BCUT2D eigenvalue weighted by Crippen LogP contribution is -2.05. The summed E-state index contributed by atoms with van der Waals surface area (Å²) in [5.74, 6) is -0.451. The number of benzene rings is 1. The molecule has 17 heavy (non-hydrogen) atoms. The molecule has 0 bridgehead atoms. The van der Waals surface area contributed by atoms with Crippen molar-refractivity contribution in [2.75, 3.05) is 0 Å². The Balaban J connectivity index is 2.36. The summed E-state index contributed by atoms with van der Waals surface area (Å²) in [7, 11) is 0. The lowest BCUT2D eigenvalue weighted by molar-refractivity contribution is 0.598. The van der Waals surface area contributed by atoms with Crippen molar-refractivity contribution < 1.29 is 8.81 Å². The minimum atomic E-state index is -0.451. The summed E-state index contributed by atoms with van der Waals surface area (Å²) in [6, 6.07) is 7.44. The smallest absolute Gasteiger partial charge is 0.202 e. The molecule has 0 unspecified atom stereocenters. The van der Waals surface area contributed by atoms with E-state index in [0.717, 1.165) is 0 Å². The standard InChI is InChI=1S/C13H8FNO2/c14-8-3-4-12-9(6-8)13(16)10(7-17-12)11-2-1-5-15-11/h1-7,15H. The van der Waals surface area contributed by atoms with E-state index in [0.29, 0.717) is 16.8 Å². The van der Waals surface area contributed by atoms with Crippen LogP contribution in [-0.2, 0) is 0 Å². The van der Waals surface area contributed by atoms with E-state index in [4.69, 9.17) is 4.42 Å². The van der Waals surface area contributed by atoms with Crippen LogP contribution in [0, 0.1) is 5.82 Å². The molecule has 1 N–H and O–H groups in total. The maximum atomic E-state index is 13.1. The molecule has 84 valence electrons. The summed E-state index contributed by atoms with van der Waals surface area (Å²) in [6.07, 6.45) is 3.10. The number of hydrogen-bond acceptors (Lipinski definition) is 2. The van der Waals surface area contributed by atoms with Crippen LogP contribution in [-0.4, -0.2) is 4.98 Å². The number of rotatable bonds is 1. The van der Waals surface area contributed by atoms with Gasteiger partial charge in [-0.25, -0.2) is 4.39 Å². The maximum absolute atomic E-state index is 13.1. The van der Waals surface area contributed by atoms with E-state index in [1.54, 1.807) is 18.3 Å². The fourth-order valence-electron chi connectivity index (χ4n) is 1.79. The zero-order valence-corrected chi connectivity index (χ0v) is 8.74. The van der Waals surface area contributed by atoms with Crippen molar-refractivity contribution in [3.63, 3.8) is 0 Å². The van der Waals surface area contributed by atoms with E-state index < -0.39 is 5.82 Å². The van der Waals surface area contributed by atoms with Crippen molar-refractivity contribution in [2.45, 2.75) is 0 Å². The second kappa shape index (κ2) is 3.59. The molecule has 0 atom stereocenters. The molecule has 3 nitrogen and oxygen atoms in total. The van der Waals surface area contributed by atoms with E-state index in [1.807, 2.05) is 0 Å². The van der Waals surface area contributed by atoms with Gasteiger partial charge >= 0.3 is 0 Å². The zero-order valence-electron chi connectivity index (χ0n) is 8.74. The van der Waals surface area contributed by atoms with Gasteiger partial charge in [0.1, 0.15) is 17.7 Å². The quantitative estimate of drug-likeness (QED) is 0.697. The average Bonchev–Trinajstić information content (AvgIpc) is 2.84. The molecular weight excluding hydrogens is 221 g/mol. The summed E-state index contributed by atoms with van der Waals surface area (Å²) in [5.41, 5.74) is 1.19. The van der Waals surface area contributed by atoms with Gasteiger partial charge in [0.05, 0.1) is 16.6 Å². The first-order valence-electron chi connectivity index (χ1n) is 5.10. The number of hydrogen-bond donors (Lipinski definition) is 1. The number of aromatic nitrogens is 1. The molecule has 0 saturated carbocycles. The number of halogens is 1. The van der Waals surface area contributed by atoms with Crippen molar-refractivity contribution >= 4 is 11.0 Å². The predicted molar refractivity (Wildman–Crippen MR) is 62.2 cm³/mol. The summed E-state index contributed by atoms with van der Waals surface area (Å²) < 4.78 is 18.4. The van der Waals surface area contributed by atoms with Crippen molar-refractivity contribution in [3.8, 4) is 11.3 Å². The van der Waals surface area contributed by atoms with Crippen LogP contribution in [0.15, 0.2) is 52.0 Å². The Labute approximate surface area is 95.5 Å². The van der Waals surface area contributed by atoms with Crippen LogP contribution in [0.1, 0.15) is 0 Å². The fourth-order valence-corrected chi connectivity index (χ4v) is 1.79. The molecule has 0 amide bonds. The minimum absolute atomic E-state index is 0.242. The minimum Gasteiger partial charge on any atom is -0.463 e. The molecule has 0 aliphatic carbocycles. The van der Waals surface area contributed by atoms with Gasteiger partial charge in [0.15, 0.2) is 0 Å². The Kier molecular flexibility index (Phi) is 2.08. The topological polar surface area (TPSA) is 46.0 Å². The average molecular weight is 229 g/mol. The van der Waals surface area contributed by atoms with Crippen molar-refractivity contribution in [2.24, 2.45) is 0 Å². The van der Waals surface area contributed by atoms with Gasteiger partial charge in [0, 0.05) is 6.20 Å². The Morgan fingerprint density at radius 2 is 2.12 bits per heavy atom. The molecule has 2 heterocycles. The van der Waals surface area contributed by atoms with Gasteiger partial charge in [0.25, 0.3) is 0 Å². The largest absolute Gasteiger partial charge is 0.463 e. The molecule has 2 aromatic heterocycles. The monoisotopic (exact) mass is 229 g/mol. The van der Waals surface area contributed by atoms with Crippen LogP contribution in [0.3, 0.4) is 0 Å². The van der Waals surface area contributed by atoms with Gasteiger partial charge in [-0.15, -0.1) is 0 Å². The molecule has 3 aromatic rings. The number of H-pyrrole nitrogens is 1. The lowest BCUT2D eigenvalue weighted by Gasteiger charge is -2.00. The molecule has 3 rings (SSSR count). The first-order chi connectivity index (χ1) is 8.25. The molecule has 1 aromatic carbocycles. The summed E-state index contributed by atoms with van der Waals surface area (Å²) >= 11 is 0. The normalized spacial score (nSPS) is 10.9. The third-order valence-corrected chi connectivity index (χ3v) is 2.62. The van der Waals surface area contributed by atoms with Gasteiger partial charge in [-0.05, 0) is 30.3 Å². The molecule has 0 fully saturated rings. The summed E-state index contributed by atoms with van der Waals surface area (Å²) in [4.78, 5) is 15.1. The summed E-state index contributed by atoms with van der Waals surface area (Å²) in [5, 5.41) is 0.247. The zero-order chi connectivity index (χ0) is 11.8. The number of aromatic amines is 1. The van der Waals surface area contributed by atoms with Gasteiger partial charge in [-0.1, -0.05) is 0 Å². The Morgan fingerprint density at radius 1 is 1.24 bits per heavy atom. The second-order valence-corrected chi connectivity index (χ2v) is 3.70. The van der Waals surface area contributed by atoms with Gasteiger partial charge in [0.2, 0.25) is 5.43 Å². The van der Waals surface area contributed by atoms with Crippen molar-refractivity contribution in [1.82, 2.24) is 4.98 Å². The third-order valence-electron chi connectivity index (χ3n) is 2.62. The van der Waals surface area contributed by atoms with Crippen molar-refractivity contribution in [1.29, 1.82) is 0 Å². The first-order valence-corrected chi connectivity index (χ1v) is 5.10. The molecule has 0 radical (unpaired) electrons. The highest BCUT2D eigenvalue weighted by molar-refractivity contribution is 5.80. The van der Waals surface area contributed by atoms with E-state index in [-0.39, 0.29) is 10.8 Å². The van der Waals surface area contributed by atoms with Gasteiger partial charge < -0.3 is 9.40 Å². The second-order valence-electron chi connectivity index (χ2n) is 3.70. The number of fused-ring (bicyclic) bond motifs is 1. The first kappa shape index (κ1) is 9.84. The van der Waals surface area contributed by atoms with Crippen LogP contribution >= 0.6 is 0 Å². The maximum Gasteiger partial charge on any atom is 0.202 e. The fraction of sp³-hybridized carbons (Fsp3) is 0. The molecule has 0 aliphatic rings. The number of nitrogens with one attached hydrogen (secondary N) is 1. The van der Waals surface area contributed by atoms with Crippen LogP contribution in [0.5, 0.6) is 0 Å². The molecular formula is C13H8FNO2. The van der Waals surface area contributed by atoms with Crippen LogP contribution < -0.4 is 5.43 Å². The van der Waals surface area contributed by atoms with Gasteiger partial charge in [-0.2, -0.15) is 0 Å². The van der Waals surface area contributed by atoms with E-state index in [9.17, 15) is 9.18 Å². The van der Waals surface area contributed by atoms with E-state index in [1.165, 1.54) is 24.5 Å². The SMILES string of the molecule is O=c1c(-c2ccc[nH]2)coc2ccc(F)cc12. The van der Waals surface area contributed by atoms with Crippen LogP contribution in [0.4, 0.5) is 4.39 Å². The molecule has 4 heteroatoms. The molecule has 0 saturated heterocycles. The third kappa shape index (κ3) is 1.54. The Bertz CT molecular complexity index is 729. The van der Waals surface area contributed by atoms with E-state index >= 15 is 0 Å². The predicted octanol–water partition coefficient (Wildman–Crippen LogP) is 2.93. The highest BCUT2D eigenvalue weighted by atomic mass is 19.1. The lowest BCUT2D eigenvalue weighted by atomic mass is 10.1. The molecule has 0 aliphatic heterocycles. The Morgan fingerprint density at radius 3 is 2.88 bits per heavy atom. The van der Waals surface area contributed by atoms with Gasteiger partial charge in [-0.3, -0.25) is 4.79 Å². The highest BCUT2D eigenvalue weighted by Crippen LogP contribution is 2.18. The summed E-state index contributed by atoms with van der Waals surface area (Å²) in [6.45, 7) is 0. The van der Waals surface area contributed by atoms with Crippen LogP contribution in [0.2, 0.25) is 0 Å². The Hall–Kier alpha value is -2.36. The van der Waals surface area contributed by atoms with Crippen molar-refractivity contribution in [3.05, 3.63) is 58.8 Å². The highest BCUT2D eigenvalue weighted by Gasteiger charge is 2.09. The molecule has 0 spiro atoms.